The number of aromatic nitrogens is 4. The van der Waals surface area contributed by atoms with Crippen molar-refractivity contribution in [1.82, 2.24) is 30.0 Å². The minimum absolute atomic E-state index is 0.0626. The Kier molecular flexibility index (Phi) is 6.95. The van der Waals surface area contributed by atoms with E-state index in [1.54, 1.807) is 25.4 Å². The molecule has 1 N–H and O–H groups in total. The first-order valence-electron chi connectivity index (χ1n) is 12.4. The molecule has 1 fully saturated rings. The number of rotatable bonds is 7. The van der Waals surface area contributed by atoms with Gasteiger partial charge in [0.1, 0.15) is 30.3 Å². The molecule has 38 heavy (non-hydrogen) atoms. The van der Waals surface area contributed by atoms with E-state index in [9.17, 15) is 18.8 Å². The predicted octanol–water partition coefficient (Wildman–Crippen LogP) is 3.26. The molecule has 1 aliphatic heterocycles. The molecule has 2 atom stereocenters. The number of hydrogen-bond donors (Lipinski definition) is 1. The fourth-order valence-electron chi connectivity index (χ4n) is 4.71. The summed E-state index contributed by atoms with van der Waals surface area (Å²) in [6.45, 7) is 3.10. The Morgan fingerprint density at radius 3 is 2.50 bits per heavy atom. The number of carbonyl (C=O) groups excluding carboxylic acids is 3. The summed E-state index contributed by atoms with van der Waals surface area (Å²) in [5.41, 5.74) is 3.31. The number of halogens is 1. The van der Waals surface area contributed by atoms with Crippen LogP contribution in [0.4, 0.5) is 4.39 Å². The van der Waals surface area contributed by atoms with Gasteiger partial charge in [0.15, 0.2) is 5.78 Å². The van der Waals surface area contributed by atoms with Gasteiger partial charge < -0.3 is 10.2 Å². The van der Waals surface area contributed by atoms with Gasteiger partial charge in [-0.05, 0) is 30.2 Å². The van der Waals surface area contributed by atoms with Gasteiger partial charge in [-0.1, -0.05) is 36.4 Å². The fraction of sp³-hybridized carbons (Fsp3) is 0.286. The molecule has 0 spiro atoms. The Balaban J connectivity index is 1.37. The van der Waals surface area contributed by atoms with Gasteiger partial charge in [-0.25, -0.2) is 14.4 Å². The summed E-state index contributed by atoms with van der Waals surface area (Å²) in [6, 6.07) is 13.9. The number of nitrogens with zero attached hydrogens (tertiary/aromatic N) is 5. The van der Waals surface area contributed by atoms with Crippen LogP contribution in [0.2, 0.25) is 0 Å². The first-order valence-corrected chi connectivity index (χ1v) is 12.4. The third-order valence-corrected chi connectivity index (χ3v) is 6.67. The van der Waals surface area contributed by atoms with Crippen molar-refractivity contribution in [1.29, 1.82) is 0 Å². The number of hydrogen-bond acceptors (Lipinski definition) is 6. The lowest BCUT2D eigenvalue weighted by Gasteiger charge is -2.23. The van der Waals surface area contributed by atoms with E-state index >= 15 is 0 Å². The Bertz CT molecular complexity index is 1500. The average molecular weight is 515 g/mol. The summed E-state index contributed by atoms with van der Waals surface area (Å²) in [6.07, 6.45) is 2.05. The topological polar surface area (TPSA) is 110 Å². The molecule has 0 unspecified atom stereocenters. The van der Waals surface area contributed by atoms with Crippen molar-refractivity contribution in [2.24, 2.45) is 0 Å². The van der Waals surface area contributed by atoms with E-state index < -0.39 is 24.0 Å². The Hall–Kier alpha value is -4.47. The van der Waals surface area contributed by atoms with Crippen LogP contribution in [0.1, 0.15) is 35.2 Å². The van der Waals surface area contributed by atoms with Gasteiger partial charge in [0, 0.05) is 43.2 Å². The number of amides is 2. The Morgan fingerprint density at radius 2 is 1.79 bits per heavy atom. The lowest BCUT2D eigenvalue weighted by atomic mass is 10.0. The van der Waals surface area contributed by atoms with Crippen molar-refractivity contribution in [3.8, 4) is 11.1 Å². The van der Waals surface area contributed by atoms with Crippen LogP contribution in [0, 0.1) is 6.92 Å². The molecule has 0 bridgehead atoms. The lowest BCUT2D eigenvalue weighted by molar-refractivity contribution is -0.139. The van der Waals surface area contributed by atoms with Crippen molar-refractivity contribution < 1.29 is 18.8 Å². The zero-order valence-corrected chi connectivity index (χ0v) is 21.1. The summed E-state index contributed by atoms with van der Waals surface area (Å²) in [5, 5.41) is 7.80. The summed E-state index contributed by atoms with van der Waals surface area (Å²) in [5.74, 6) is -0.445. The van der Waals surface area contributed by atoms with Crippen LogP contribution in [0.5, 0.6) is 0 Å². The van der Waals surface area contributed by atoms with Gasteiger partial charge in [-0.3, -0.25) is 19.1 Å². The zero-order valence-electron chi connectivity index (χ0n) is 21.1. The molecular weight excluding hydrogens is 487 g/mol. The molecule has 5 rings (SSSR count). The highest BCUT2D eigenvalue weighted by atomic mass is 19.1. The average Bonchev–Trinajstić information content (AvgIpc) is 3.49. The van der Waals surface area contributed by atoms with Crippen molar-refractivity contribution in [3.63, 3.8) is 0 Å². The van der Waals surface area contributed by atoms with Crippen molar-refractivity contribution in [2.45, 2.75) is 45.6 Å². The van der Waals surface area contributed by atoms with Crippen LogP contribution in [-0.2, 0) is 22.7 Å². The number of benzene rings is 2. The minimum Gasteiger partial charge on any atom is -0.350 e. The third-order valence-electron chi connectivity index (χ3n) is 6.67. The third kappa shape index (κ3) is 5.15. The first-order chi connectivity index (χ1) is 18.3. The van der Waals surface area contributed by atoms with Crippen LogP contribution in [0.3, 0.4) is 0 Å². The van der Waals surface area contributed by atoms with Crippen LogP contribution < -0.4 is 5.32 Å². The van der Waals surface area contributed by atoms with E-state index in [-0.39, 0.29) is 37.5 Å². The second-order valence-corrected chi connectivity index (χ2v) is 9.41. The van der Waals surface area contributed by atoms with Gasteiger partial charge in [0.05, 0.1) is 12.1 Å². The molecule has 3 heterocycles. The number of fused-ring (bicyclic) bond motifs is 1. The molecule has 0 saturated carbocycles. The van der Waals surface area contributed by atoms with Gasteiger partial charge >= 0.3 is 0 Å². The molecule has 0 aliphatic carbocycles. The van der Waals surface area contributed by atoms with Gasteiger partial charge in [0.25, 0.3) is 0 Å². The van der Waals surface area contributed by atoms with E-state index in [1.807, 2.05) is 42.5 Å². The highest BCUT2D eigenvalue weighted by Crippen LogP contribution is 2.27. The van der Waals surface area contributed by atoms with E-state index in [0.29, 0.717) is 16.7 Å². The Labute approximate surface area is 218 Å². The smallest absolute Gasteiger partial charge is 0.245 e. The van der Waals surface area contributed by atoms with Gasteiger partial charge in [-0.2, -0.15) is 5.10 Å². The summed E-state index contributed by atoms with van der Waals surface area (Å²) < 4.78 is 15.8. The standard InChI is InChI=1S/C28H27FN6O3/c1-17(36)27-23-10-20(21-13-30-18(2)31-14-21)8-9-24(23)35(33-27)16-26(37)34-15-22(29)11-25(34)28(38)32-12-19-6-4-3-5-7-19/h3-10,13-14,22,25H,11-12,15-16H2,1-2H3,(H,32,38)/t22-,25+/m1/s1. The fourth-order valence-corrected chi connectivity index (χ4v) is 4.71. The van der Waals surface area contributed by atoms with E-state index in [1.165, 1.54) is 16.5 Å². The molecule has 9 nitrogen and oxygen atoms in total. The number of aryl methyl sites for hydroxylation is 1. The monoisotopic (exact) mass is 514 g/mol. The number of Topliss-reactive ketones (excluding diaryl/α,β-unsaturated/α-hetero) is 1. The van der Waals surface area contributed by atoms with Crippen LogP contribution in [-0.4, -0.2) is 61.0 Å². The minimum atomic E-state index is -1.30. The molecule has 10 heteroatoms. The summed E-state index contributed by atoms with van der Waals surface area (Å²) >= 11 is 0. The summed E-state index contributed by atoms with van der Waals surface area (Å²) in [4.78, 5) is 48.3. The zero-order chi connectivity index (χ0) is 26.8. The van der Waals surface area contributed by atoms with E-state index in [2.05, 4.69) is 20.4 Å². The van der Waals surface area contributed by atoms with Crippen molar-refractivity contribution in [2.75, 3.05) is 6.54 Å². The molecule has 1 saturated heterocycles. The second-order valence-electron chi connectivity index (χ2n) is 9.41. The van der Waals surface area contributed by atoms with Crippen molar-refractivity contribution in [3.05, 3.63) is 78.0 Å². The quantitative estimate of drug-likeness (QED) is 0.379. The van der Waals surface area contributed by atoms with Gasteiger partial charge in [-0.15, -0.1) is 0 Å². The van der Waals surface area contributed by atoms with Crippen LogP contribution in [0.25, 0.3) is 22.0 Å². The highest BCUT2D eigenvalue weighted by molar-refractivity contribution is 6.06. The maximum atomic E-state index is 14.4. The molecule has 194 valence electrons. The largest absolute Gasteiger partial charge is 0.350 e. The van der Waals surface area contributed by atoms with Crippen LogP contribution in [0.15, 0.2) is 60.9 Å². The molecular formula is C28H27FN6O3. The normalized spacial score (nSPS) is 17.1. The number of ketones is 1. The van der Waals surface area contributed by atoms with E-state index in [0.717, 1.165) is 16.7 Å². The van der Waals surface area contributed by atoms with Crippen LogP contribution >= 0.6 is 0 Å². The second kappa shape index (κ2) is 10.5. The predicted molar refractivity (Wildman–Crippen MR) is 139 cm³/mol. The number of likely N-dealkylation sites (tertiary alicyclic amines) is 1. The number of nitrogens with one attached hydrogen (secondary N) is 1. The molecule has 4 aromatic rings. The van der Waals surface area contributed by atoms with Crippen molar-refractivity contribution >= 4 is 28.5 Å². The SMILES string of the molecule is CC(=O)c1nn(CC(=O)N2C[C@H](F)C[C@H]2C(=O)NCc2ccccc2)c2ccc(-c3cnc(C)nc3)cc12. The first kappa shape index (κ1) is 25.2. The lowest BCUT2D eigenvalue weighted by Crippen LogP contribution is -2.46. The maximum absolute atomic E-state index is 14.4. The molecule has 2 aromatic heterocycles. The molecule has 1 aliphatic rings. The summed E-state index contributed by atoms with van der Waals surface area (Å²) in [7, 11) is 0. The maximum Gasteiger partial charge on any atom is 0.245 e. The molecule has 2 amide bonds. The highest BCUT2D eigenvalue weighted by Gasteiger charge is 2.39. The Morgan fingerprint density at radius 1 is 1.05 bits per heavy atom. The molecule has 2 aromatic carbocycles. The number of carbonyl (C=O) groups is 3. The van der Waals surface area contributed by atoms with Gasteiger partial charge in [0.2, 0.25) is 11.8 Å². The van der Waals surface area contributed by atoms with E-state index in [4.69, 9.17) is 0 Å². The number of alkyl halides is 1. The molecule has 0 radical (unpaired) electrons.